The molecule has 1 unspecified atom stereocenters. The third-order valence-electron chi connectivity index (χ3n) is 5.27. The molecule has 0 saturated heterocycles. The van der Waals surface area contributed by atoms with E-state index in [1.54, 1.807) is 6.92 Å². The second-order valence-electron chi connectivity index (χ2n) is 7.23. The van der Waals surface area contributed by atoms with Crippen LogP contribution >= 0.6 is 0 Å². The summed E-state index contributed by atoms with van der Waals surface area (Å²) >= 11 is 0. The highest BCUT2D eigenvalue weighted by Crippen LogP contribution is 2.44. The summed E-state index contributed by atoms with van der Waals surface area (Å²) in [5, 5.41) is 19.8. The number of hydrogen-bond donors (Lipinski definition) is 4. The van der Waals surface area contributed by atoms with E-state index in [1.807, 2.05) is 48.5 Å². The van der Waals surface area contributed by atoms with E-state index in [0.29, 0.717) is 0 Å². The molecule has 2 amide bonds. The van der Waals surface area contributed by atoms with Gasteiger partial charge in [-0.25, -0.2) is 9.59 Å². The van der Waals surface area contributed by atoms with E-state index >= 15 is 0 Å². The number of carbonyl (C=O) groups excluding carboxylic acids is 2. The first kappa shape index (κ1) is 21.0. The predicted octanol–water partition coefficient (Wildman–Crippen LogP) is 2.76. The molecule has 0 radical (unpaired) electrons. The van der Waals surface area contributed by atoms with E-state index in [9.17, 15) is 14.4 Å². The summed E-state index contributed by atoms with van der Waals surface area (Å²) in [4.78, 5) is 39.3. The molecule has 0 saturated carbocycles. The van der Waals surface area contributed by atoms with Crippen molar-refractivity contribution < 1.29 is 24.2 Å². The van der Waals surface area contributed by atoms with Crippen LogP contribution in [0.15, 0.2) is 48.5 Å². The molecule has 4 N–H and O–H groups in total. The first-order valence-corrected chi connectivity index (χ1v) is 10.1. The van der Waals surface area contributed by atoms with E-state index in [-0.39, 0.29) is 30.7 Å². The summed E-state index contributed by atoms with van der Waals surface area (Å²) in [6.07, 6.45) is -0.560. The van der Waals surface area contributed by atoms with Gasteiger partial charge in [0.2, 0.25) is 5.82 Å². The zero-order valence-corrected chi connectivity index (χ0v) is 17.2. The van der Waals surface area contributed by atoms with Gasteiger partial charge in [0.15, 0.2) is 0 Å². The van der Waals surface area contributed by atoms with Gasteiger partial charge >= 0.3 is 12.1 Å². The minimum atomic E-state index is -1.16. The molecule has 10 heteroatoms. The molecular weight excluding hydrogens is 414 g/mol. The van der Waals surface area contributed by atoms with Crippen LogP contribution in [0.4, 0.5) is 10.7 Å². The van der Waals surface area contributed by atoms with Crippen LogP contribution in [0, 0.1) is 0 Å². The van der Waals surface area contributed by atoms with E-state index in [1.165, 1.54) is 0 Å². The Labute approximate surface area is 183 Å². The van der Waals surface area contributed by atoms with Crippen LogP contribution in [0.1, 0.15) is 41.0 Å². The Hall–Kier alpha value is -4.21. The molecule has 10 nitrogen and oxygen atoms in total. The van der Waals surface area contributed by atoms with Crippen molar-refractivity contribution in [1.29, 1.82) is 0 Å². The van der Waals surface area contributed by atoms with Crippen molar-refractivity contribution in [2.75, 3.05) is 11.9 Å². The summed E-state index contributed by atoms with van der Waals surface area (Å²) in [6, 6.07) is 14.9. The zero-order chi connectivity index (χ0) is 22.7. The minimum Gasteiger partial charge on any atom is -0.480 e. The second kappa shape index (κ2) is 8.88. The molecule has 1 aromatic heterocycles. The van der Waals surface area contributed by atoms with Gasteiger partial charge in [-0.05, 0) is 28.7 Å². The van der Waals surface area contributed by atoms with Crippen molar-refractivity contribution in [3.63, 3.8) is 0 Å². The Bertz CT molecular complexity index is 1130. The fraction of sp³-hybridized carbons (Fsp3) is 0.227. The summed E-state index contributed by atoms with van der Waals surface area (Å²) in [7, 11) is 0. The van der Waals surface area contributed by atoms with Crippen molar-refractivity contribution in [3.8, 4) is 11.1 Å². The Morgan fingerprint density at radius 1 is 1.09 bits per heavy atom. The Morgan fingerprint density at radius 3 is 2.31 bits per heavy atom. The van der Waals surface area contributed by atoms with Crippen LogP contribution in [-0.4, -0.2) is 50.9 Å². The van der Waals surface area contributed by atoms with E-state index in [4.69, 9.17) is 9.84 Å². The monoisotopic (exact) mass is 435 g/mol. The third-order valence-corrected chi connectivity index (χ3v) is 5.27. The smallest absolute Gasteiger partial charge is 0.414 e. The molecule has 164 valence electrons. The first-order chi connectivity index (χ1) is 15.5. The van der Waals surface area contributed by atoms with Crippen LogP contribution in [0.3, 0.4) is 0 Å². The normalized spacial score (nSPS) is 13.0. The van der Waals surface area contributed by atoms with Crippen LogP contribution < -0.4 is 10.6 Å². The van der Waals surface area contributed by atoms with Gasteiger partial charge in [-0.1, -0.05) is 55.5 Å². The number of fused-ring (bicyclic) bond motifs is 3. The predicted molar refractivity (Wildman–Crippen MR) is 114 cm³/mol. The average Bonchev–Trinajstić information content (AvgIpc) is 3.38. The number of carbonyl (C=O) groups is 3. The van der Waals surface area contributed by atoms with Gasteiger partial charge in [0.25, 0.3) is 11.9 Å². The number of carboxylic acid groups (broad SMARTS) is 1. The molecule has 1 aliphatic rings. The van der Waals surface area contributed by atoms with Crippen molar-refractivity contribution >= 4 is 23.9 Å². The topological polar surface area (TPSA) is 146 Å². The number of aromatic amines is 1. The number of nitrogens with zero attached hydrogens (tertiary/aromatic N) is 2. The molecular formula is C22H21N5O5. The number of hydrogen-bond acceptors (Lipinski definition) is 6. The van der Waals surface area contributed by atoms with Crippen molar-refractivity contribution in [2.45, 2.75) is 25.3 Å². The number of anilines is 1. The molecule has 0 spiro atoms. The summed E-state index contributed by atoms with van der Waals surface area (Å²) in [5.41, 5.74) is 4.41. The Balaban J connectivity index is 1.37. The number of H-pyrrole nitrogens is 1. The first-order valence-electron chi connectivity index (χ1n) is 10.1. The number of aromatic nitrogens is 3. The Morgan fingerprint density at radius 2 is 1.72 bits per heavy atom. The maximum Gasteiger partial charge on any atom is 0.414 e. The van der Waals surface area contributed by atoms with Gasteiger partial charge in [-0.15, -0.1) is 5.10 Å². The Kier molecular flexibility index (Phi) is 5.84. The number of aliphatic carboxylic acids is 1. The average molecular weight is 435 g/mol. The lowest BCUT2D eigenvalue weighted by molar-refractivity contribution is -0.139. The van der Waals surface area contributed by atoms with E-state index in [0.717, 1.165) is 22.3 Å². The highest BCUT2D eigenvalue weighted by atomic mass is 16.5. The number of benzene rings is 2. The standard InChI is InChI=1S/C22H21N5O5/c1-2-17(20(29)30)23-19(28)18-24-21(27-26-18)25-22(31)32-11-16-14-9-5-3-7-12(14)13-8-4-6-10-15(13)16/h3-10,16-17H,2,11H2,1H3,(H,23,28)(H,29,30)(H2,24,25,26,27,31). The molecule has 3 aromatic rings. The maximum atomic E-state index is 12.3. The van der Waals surface area contributed by atoms with E-state index < -0.39 is 24.0 Å². The van der Waals surface area contributed by atoms with E-state index in [2.05, 4.69) is 25.8 Å². The SMILES string of the molecule is CCC(NC(=O)c1nc(NC(=O)OCC2c3ccccc3-c3ccccc32)n[nH]1)C(=O)O. The number of carboxylic acids is 1. The second-order valence-corrected chi connectivity index (χ2v) is 7.23. The maximum absolute atomic E-state index is 12.3. The molecule has 1 heterocycles. The molecule has 0 bridgehead atoms. The highest BCUT2D eigenvalue weighted by Gasteiger charge is 2.29. The lowest BCUT2D eigenvalue weighted by atomic mass is 9.98. The van der Waals surface area contributed by atoms with Gasteiger partial charge in [-0.3, -0.25) is 15.2 Å². The zero-order valence-electron chi connectivity index (χ0n) is 17.2. The van der Waals surface area contributed by atoms with Gasteiger partial charge in [0.05, 0.1) is 0 Å². The third kappa shape index (κ3) is 4.15. The molecule has 2 aromatic carbocycles. The fourth-order valence-electron chi connectivity index (χ4n) is 3.71. The number of nitrogens with one attached hydrogen (secondary N) is 3. The quantitative estimate of drug-likeness (QED) is 0.446. The molecule has 32 heavy (non-hydrogen) atoms. The molecule has 1 atom stereocenters. The number of ether oxygens (including phenoxy) is 1. The fourth-order valence-corrected chi connectivity index (χ4v) is 3.71. The molecule has 0 fully saturated rings. The number of rotatable bonds is 7. The van der Waals surface area contributed by atoms with Crippen LogP contribution in [-0.2, 0) is 9.53 Å². The summed E-state index contributed by atoms with van der Waals surface area (Å²) in [6.45, 7) is 1.75. The van der Waals surface area contributed by atoms with Crippen LogP contribution in [0.25, 0.3) is 11.1 Å². The van der Waals surface area contributed by atoms with Crippen molar-refractivity contribution in [2.24, 2.45) is 0 Å². The largest absolute Gasteiger partial charge is 0.480 e. The lowest BCUT2D eigenvalue weighted by Crippen LogP contribution is -2.40. The molecule has 0 aliphatic heterocycles. The molecule has 4 rings (SSSR count). The van der Waals surface area contributed by atoms with Gasteiger partial charge in [-0.2, -0.15) is 4.98 Å². The van der Waals surface area contributed by atoms with Gasteiger partial charge in [0, 0.05) is 5.92 Å². The van der Waals surface area contributed by atoms with Crippen molar-refractivity contribution in [3.05, 3.63) is 65.5 Å². The van der Waals surface area contributed by atoms with Gasteiger partial charge in [0.1, 0.15) is 12.6 Å². The lowest BCUT2D eigenvalue weighted by Gasteiger charge is -2.13. The molecule has 1 aliphatic carbocycles. The minimum absolute atomic E-state index is 0.0939. The van der Waals surface area contributed by atoms with Gasteiger partial charge < -0.3 is 15.2 Å². The summed E-state index contributed by atoms with van der Waals surface area (Å²) < 4.78 is 5.40. The highest BCUT2D eigenvalue weighted by molar-refractivity contribution is 5.94. The van der Waals surface area contributed by atoms with Crippen molar-refractivity contribution in [1.82, 2.24) is 20.5 Å². The van der Waals surface area contributed by atoms with Crippen LogP contribution in [0.5, 0.6) is 0 Å². The summed E-state index contributed by atoms with van der Waals surface area (Å²) in [5.74, 6) is -2.37. The van der Waals surface area contributed by atoms with Crippen LogP contribution in [0.2, 0.25) is 0 Å². The number of amides is 2.